The van der Waals surface area contributed by atoms with E-state index in [1.54, 1.807) is 23.1 Å². The van der Waals surface area contributed by atoms with Gasteiger partial charge in [-0.25, -0.2) is 13.1 Å². The van der Waals surface area contributed by atoms with E-state index in [2.05, 4.69) is 18.6 Å². The summed E-state index contributed by atoms with van der Waals surface area (Å²) in [6.07, 6.45) is 5.40. The SMILES string of the molecule is CCCC[C@@H](CC)CNS(=O)(=O)c1ccc2c(c1)C[C@@H](C)N2C(=O)CC. The van der Waals surface area contributed by atoms with Gasteiger partial charge in [-0.2, -0.15) is 0 Å². The predicted molar refractivity (Wildman–Crippen MR) is 106 cm³/mol. The first-order valence-electron chi connectivity index (χ1n) is 9.78. The molecule has 2 rings (SSSR count). The molecule has 1 heterocycles. The minimum atomic E-state index is -3.53. The normalized spacial score (nSPS) is 18.0. The van der Waals surface area contributed by atoms with E-state index in [0.29, 0.717) is 30.2 Å². The van der Waals surface area contributed by atoms with E-state index < -0.39 is 10.0 Å². The Morgan fingerprint density at radius 2 is 2.04 bits per heavy atom. The molecule has 1 amide bonds. The zero-order chi connectivity index (χ0) is 19.3. The summed E-state index contributed by atoms with van der Waals surface area (Å²) in [5, 5.41) is 0. The van der Waals surface area contributed by atoms with Gasteiger partial charge in [-0.05, 0) is 49.4 Å². The maximum atomic E-state index is 12.7. The molecular formula is C20H32N2O3S. The molecule has 0 fully saturated rings. The van der Waals surface area contributed by atoms with Gasteiger partial charge in [0.2, 0.25) is 15.9 Å². The molecule has 1 aliphatic heterocycles. The third-order valence-electron chi connectivity index (χ3n) is 5.25. The van der Waals surface area contributed by atoms with Crippen LogP contribution in [0.3, 0.4) is 0 Å². The molecule has 0 aromatic heterocycles. The fourth-order valence-corrected chi connectivity index (χ4v) is 4.75. The van der Waals surface area contributed by atoms with E-state index in [1.165, 1.54) is 0 Å². The molecule has 1 aromatic carbocycles. The highest BCUT2D eigenvalue weighted by molar-refractivity contribution is 7.89. The van der Waals surface area contributed by atoms with Crippen molar-refractivity contribution < 1.29 is 13.2 Å². The minimum absolute atomic E-state index is 0.0712. The maximum absolute atomic E-state index is 12.7. The van der Waals surface area contributed by atoms with Gasteiger partial charge < -0.3 is 4.90 Å². The number of fused-ring (bicyclic) bond motifs is 1. The molecule has 6 heteroatoms. The summed E-state index contributed by atoms with van der Waals surface area (Å²) in [4.78, 5) is 14.2. The van der Waals surface area contributed by atoms with Crippen molar-refractivity contribution in [3.8, 4) is 0 Å². The number of rotatable bonds is 9. The lowest BCUT2D eigenvalue weighted by atomic mass is 10.00. The smallest absolute Gasteiger partial charge is 0.240 e. The highest BCUT2D eigenvalue weighted by atomic mass is 32.2. The van der Waals surface area contributed by atoms with Crippen LogP contribution in [-0.4, -0.2) is 26.9 Å². The van der Waals surface area contributed by atoms with E-state index in [4.69, 9.17) is 0 Å². The largest absolute Gasteiger partial charge is 0.309 e. The number of hydrogen-bond donors (Lipinski definition) is 1. The Kier molecular flexibility index (Phi) is 7.24. The van der Waals surface area contributed by atoms with Crippen LogP contribution >= 0.6 is 0 Å². The summed E-state index contributed by atoms with van der Waals surface area (Å²) < 4.78 is 28.1. The van der Waals surface area contributed by atoms with E-state index in [0.717, 1.165) is 36.9 Å². The van der Waals surface area contributed by atoms with Crippen molar-refractivity contribution in [2.24, 2.45) is 5.92 Å². The lowest BCUT2D eigenvalue weighted by Gasteiger charge is -2.22. The van der Waals surface area contributed by atoms with Crippen molar-refractivity contribution >= 4 is 21.6 Å². The molecule has 1 N–H and O–H groups in total. The van der Waals surface area contributed by atoms with Gasteiger partial charge in [0.25, 0.3) is 0 Å². The number of carbonyl (C=O) groups is 1. The third kappa shape index (κ3) is 4.65. The molecule has 1 aliphatic rings. The number of anilines is 1. The van der Waals surface area contributed by atoms with E-state index >= 15 is 0 Å². The van der Waals surface area contributed by atoms with Crippen LogP contribution in [0.15, 0.2) is 23.1 Å². The average Bonchev–Trinajstić information content (AvgIpc) is 2.96. The number of nitrogens with zero attached hydrogens (tertiary/aromatic N) is 1. The quantitative estimate of drug-likeness (QED) is 0.707. The van der Waals surface area contributed by atoms with Crippen LogP contribution in [0.2, 0.25) is 0 Å². The first kappa shape index (κ1) is 20.9. The average molecular weight is 381 g/mol. The number of hydrogen-bond acceptors (Lipinski definition) is 3. The Balaban J connectivity index is 2.14. The summed E-state index contributed by atoms with van der Waals surface area (Å²) in [7, 11) is -3.53. The molecule has 0 saturated heterocycles. The Bertz CT molecular complexity index is 731. The molecular weight excluding hydrogens is 348 g/mol. The van der Waals surface area contributed by atoms with Crippen molar-refractivity contribution in [1.29, 1.82) is 0 Å². The van der Waals surface area contributed by atoms with E-state index in [1.807, 2.05) is 13.8 Å². The topological polar surface area (TPSA) is 66.5 Å². The second kappa shape index (κ2) is 9.00. The Hall–Kier alpha value is -1.40. The molecule has 0 spiro atoms. The van der Waals surface area contributed by atoms with Gasteiger partial charge in [0, 0.05) is 24.7 Å². The molecule has 0 aliphatic carbocycles. The number of sulfonamides is 1. The van der Waals surface area contributed by atoms with Gasteiger partial charge in [0.05, 0.1) is 4.90 Å². The summed E-state index contributed by atoms with van der Waals surface area (Å²) in [5.74, 6) is 0.448. The van der Waals surface area contributed by atoms with Gasteiger partial charge in [0.1, 0.15) is 0 Å². The van der Waals surface area contributed by atoms with Crippen molar-refractivity contribution in [1.82, 2.24) is 4.72 Å². The standard InChI is InChI=1S/C20H32N2O3S/c1-5-8-9-16(6-2)14-21-26(24,25)18-10-11-19-17(13-18)12-15(4)22(19)20(23)7-3/h10-11,13,15-16,21H,5-9,12,14H2,1-4H3/t15-,16-/m1/s1. The van der Waals surface area contributed by atoms with Gasteiger partial charge >= 0.3 is 0 Å². The molecule has 5 nitrogen and oxygen atoms in total. The van der Waals surface area contributed by atoms with Crippen molar-refractivity contribution in [3.05, 3.63) is 23.8 Å². The molecule has 0 bridgehead atoms. The minimum Gasteiger partial charge on any atom is -0.309 e. The summed E-state index contributed by atoms with van der Waals surface area (Å²) in [6.45, 7) is 8.57. The Labute approximate surface area is 158 Å². The highest BCUT2D eigenvalue weighted by Crippen LogP contribution is 2.34. The third-order valence-corrected chi connectivity index (χ3v) is 6.67. The summed E-state index contributed by atoms with van der Waals surface area (Å²) in [6, 6.07) is 5.18. The lowest BCUT2D eigenvalue weighted by molar-refractivity contribution is -0.118. The van der Waals surface area contributed by atoms with Crippen LogP contribution in [-0.2, 0) is 21.2 Å². The molecule has 26 heavy (non-hydrogen) atoms. The van der Waals surface area contributed by atoms with Crippen LogP contribution in [0.1, 0.15) is 65.4 Å². The lowest BCUT2D eigenvalue weighted by Crippen LogP contribution is -2.35. The monoisotopic (exact) mass is 380 g/mol. The number of carbonyl (C=O) groups excluding carboxylic acids is 1. The second-order valence-corrected chi connectivity index (χ2v) is 9.00. The van der Waals surface area contributed by atoms with Gasteiger partial charge in [-0.3, -0.25) is 4.79 Å². The molecule has 2 atom stereocenters. The first-order valence-corrected chi connectivity index (χ1v) is 11.3. The van der Waals surface area contributed by atoms with Crippen LogP contribution in [0, 0.1) is 5.92 Å². The fourth-order valence-electron chi connectivity index (χ4n) is 3.58. The maximum Gasteiger partial charge on any atom is 0.240 e. The van der Waals surface area contributed by atoms with E-state index in [9.17, 15) is 13.2 Å². The number of amides is 1. The predicted octanol–water partition coefficient (Wildman–Crippen LogP) is 3.87. The van der Waals surface area contributed by atoms with Gasteiger partial charge in [-0.1, -0.05) is 40.0 Å². The number of nitrogens with one attached hydrogen (secondary N) is 1. The van der Waals surface area contributed by atoms with Crippen LogP contribution in [0.4, 0.5) is 5.69 Å². The van der Waals surface area contributed by atoms with Gasteiger partial charge in [-0.15, -0.1) is 0 Å². The van der Waals surface area contributed by atoms with E-state index in [-0.39, 0.29) is 11.9 Å². The Morgan fingerprint density at radius 3 is 2.65 bits per heavy atom. The first-order chi connectivity index (χ1) is 12.3. The Morgan fingerprint density at radius 1 is 1.31 bits per heavy atom. The van der Waals surface area contributed by atoms with Crippen molar-refractivity contribution in [2.45, 2.75) is 77.2 Å². The molecule has 0 saturated carbocycles. The summed E-state index contributed by atoms with van der Waals surface area (Å²) >= 11 is 0. The molecule has 0 unspecified atom stereocenters. The van der Waals surface area contributed by atoms with Crippen molar-refractivity contribution in [2.75, 3.05) is 11.4 Å². The second-order valence-electron chi connectivity index (χ2n) is 7.23. The highest BCUT2D eigenvalue weighted by Gasteiger charge is 2.31. The van der Waals surface area contributed by atoms with Crippen molar-refractivity contribution in [3.63, 3.8) is 0 Å². The zero-order valence-electron chi connectivity index (χ0n) is 16.4. The number of unbranched alkanes of at least 4 members (excludes halogenated alkanes) is 1. The van der Waals surface area contributed by atoms with Gasteiger partial charge in [0.15, 0.2) is 0 Å². The molecule has 1 aromatic rings. The van der Waals surface area contributed by atoms with Crippen LogP contribution < -0.4 is 9.62 Å². The summed E-state index contributed by atoms with van der Waals surface area (Å²) in [5.41, 5.74) is 1.78. The van der Waals surface area contributed by atoms with Crippen LogP contribution in [0.5, 0.6) is 0 Å². The zero-order valence-corrected chi connectivity index (χ0v) is 17.2. The molecule has 146 valence electrons. The van der Waals surface area contributed by atoms with Crippen LogP contribution in [0.25, 0.3) is 0 Å². The molecule has 0 radical (unpaired) electrons. The number of benzene rings is 1. The fraction of sp³-hybridized carbons (Fsp3) is 0.650.